The largest absolute Gasteiger partial charge is 0.463 e. The van der Waals surface area contributed by atoms with Crippen molar-refractivity contribution in [2.24, 2.45) is 0 Å². The molecule has 6 nitrogen and oxygen atoms in total. The zero-order valence-electron chi connectivity index (χ0n) is 15.0. The van der Waals surface area contributed by atoms with Gasteiger partial charge in [0, 0.05) is 6.08 Å². The van der Waals surface area contributed by atoms with Crippen LogP contribution in [0.4, 0.5) is 0 Å². The highest BCUT2D eigenvalue weighted by Crippen LogP contribution is 2.18. The number of hydrogen-bond acceptors (Lipinski definition) is 4. The van der Waals surface area contributed by atoms with Crippen molar-refractivity contribution in [3.05, 3.63) is 98.3 Å². The Morgan fingerprint density at radius 3 is 2.04 bits per heavy atom. The number of para-hydroxylation sites is 2. The second-order valence-corrected chi connectivity index (χ2v) is 6.08. The fourth-order valence-electron chi connectivity index (χ4n) is 2.69. The molecule has 0 bridgehead atoms. The molecule has 0 unspecified atom stereocenters. The van der Waals surface area contributed by atoms with Crippen LogP contribution in [0.1, 0.15) is 12.5 Å². The van der Waals surface area contributed by atoms with Crippen molar-refractivity contribution < 1.29 is 9.53 Å². The minimum Gasteiger partial charge on any atom is -0.463 e. The number of carbonyl (C=O) groups excluding carboxylic acids is 1. The Balaban J connectivity index is 2.32. The number of halogens is 1. The maximum Gasteiger partial charge on any atom is 0.341 e. The summed E-state index contributed by atoms with van der Waals surface area (Å²) in [6.07, 6.45) is 2.38. The van der Waals surface area contributed by atoms with Crippen molar-refractivity contribution in [1.82, 2.24) is 9.13 Å². The normalized spacial score (nSPS) is 10.9. The fourth-order valence-corrected chi connectivity index (χ4v) is 3.00. The molecule has 0 amide bonds. The smallest absolute Gasteiger partial charge is 0.341 e. The third kappa shape index (κ3) is 3.82. The van der Waals surface area contributed by atoms with Crippen LogP contribution in [0.15, 0.2) is 76.3 Å². The molecule has 0 aliphatic heterocycles. The van der Waals surface area contributed by atoms with Crippen LogP contribution in [-0.2, 0) is 9.53 Å². The van der Waals surface area contributed by atoms with E-state index in [1.165, 1.54) is 10.6 Å². The van der Waals surface area contributed by atoms with Crippen LogP contribution in [0, 0.1) is 0 Å². The average molecular weight is 397 g/mol. The molecular weight excluding hydrogens is 380 g/mol. The highest BCUT2D eigenvalue weighted by molar-refractivity contribution is 6.31. The van der Waals surface area contributed by atoms with Crippen LogP contribution in [0.25, 0.3) is 17.5 Å². The lowest BCUT2D eigenvalue weighted by Crippen LogP contribution is -2.39. The predicted octanol–water partition coefficient (Wildman–Crippen LogP) is 3.22. The summed E-state index contributed by atoms with van der Waals surface area (Å²) in [4.78, 5) is 37.8. The third-order valence-corrected chi connectivity index (χ3v) is 4.31. The van der Waals surface area contributed by atoms with Gasteiger partial charge in [0.15, 0.2) is 0 Å². The van der Waals surface area contributed by atoms with Crippen LogP contribution in [-0.4, -0.2) is 21.7 Å². The Bertz CT molecular complexity index is 1130. The van der Waals surface area contributed by atoms with E-state index in [9.17, 15) is 14.4 Å². The Kier molecular flexibility index (Phi) is 5.91. The Morgan fingerprint density at radius 1 is 0.964 bits per heavy atom. The first-order valence-electron chi connectivity index (χ1n) is 8.57. The van der Waals surface area contributed by atoms with Gasteiger partial charge >= 0.3 is 11.7 Å². The lowest BCUT2D eigenvalue weighted by molar-refractivity contribution is -0.137. The van der Waals surface area contributed by atoms with E-state index in [2.05, 4.69) is 0 Å². The van der Waals surface area contributed by atoms with Crippen LogP contribution in [0.3, 0.4) is 0 Å². The number of ether oxygens (including phenoxy) is 1. The van der Waals surface area contributed by atoms with Gasteiger partial charge < -0.3 is 4.74 Å². The van der Waals surface area contributed by atoms with Gasteiger partial charge in [-0.2, -0.15) is 0 Å². The van der Waals surface area contributed by atoms with Crippen LogP contribution >= 0.6 is 11.6 Å². The summed E-state index contributed by atoms with van der Waals surface area (Å²) < 4.78 is 7.09. The van der Waals surface area contributed by atoms with E-state index in [0.717, 1.165) is 10.6 Å². The molecule has 0 fully saturated rings. The lowest BCUT2D eigenvalue weighted by Gasteiger charge is -2.14. The Hall–Kier alpha value is -3.38. The molecule has 3 rings (SSSR count). The summed E-state index contributed by atoms with van der Waals surface area (Å²) >= 11 is 6.42. The van der Waals surface area contributed by atoms with E-state index in [4.69, 9.17) is 16.3 Å². The molecule has 1 aromatic heterocycles. The van der Waals surface area contributed by atoms with Gasteiger partial charge in [0.05, 0.1) is 23.5 Å². The first-order chi connectivity index (χ1) is 13.5. The van der Waals surface area contributed by atoms with Crippen molar-refractivity contribution in [3.8, 4) is 11.4 Å². The van der Waals surface area contributed by atoms with Gasteiger partial charge in [-0.3, -0.25) is 9.36 Å². The molecule has 0 atom stereocenters. The molecule has 0 saturated heterocycles. The van der Waals surface area contributed by atoms with Crippen molar-refractivity contribution in [3.63, 3.8) is 0 Å². The zero-order valence-corrected chi connectivity index (χ0v) is 15.8. The molecule has 0 radical (unpaired) electrons. The van der Waals surface area contributed by atoms with E-state index in [1.54, 1.807) is 67.6 Å². The SMILES string of the molecule is CCOC(=O)/C=C\c1c(Cl)n(-c2ccccc2)c(=O)n(-c2ccccc2)c1=O. The molecule has 1 heterocycles. The van der Waals surface area contributed by atoms with Gasteiger partial charge in [0.2, 0.25) is 0 Å². The molecule has 0 N–H and O–H groups in total. The fraction of sp³-hybridized carbons (Fsp3) is 0.0952. The average Bonchev–Trinajstić information content (AvgIpc) is 2.70. The van der Waals surface area contributed by atoms with Gasteiger partial charge in [-0.15, -0.1) is 0 Å². The highest BCUT2D eigenvalue weighted by Gasteiger charge is 2.18. The van der Waals surface area contributed by atoms with Gasteiger partial charge in [0.25, 0.3) is 5.56 Å². The van der Waals surface area contributed by atoms with Crippen molar-refractivity contribution in [2.75, 3.05) is 6.61 Å². The molecule has 142 valence electrons. The Labute approximate surface area is 165 Å². The van der Waals surface area contributed by atoms with E-state index in [1.807, 2.05) is 0 Å². The molecule has 0 aliphatic rings. The maximum atomic E-state index is 13.1. The van der Waals surface area contributed by atoms with E-state index < -0.39 is 17.2 Å². The number of benzene rings is 2. The second-order valence-electron chi connectivity index (χ2n) is 5.72. The van der Waals surface area contributed by atoms with Gasteiger partial charge in [-0.05, 0) is 37.3 Å². The van der Waals surface area contributed by atoms with Crippen LogP contribution in [0.2, 0.25) is 5.15 Å². The molecular formula is C21H17ClN2O4. The van der Waals surface area contributed by atoms with Crippen LogP contribution < -0.4 is 11.2 Å². The summed E-state index contributed by atoms with van der Waals surface area (Å²) in [5.74, 6) is -0.610. The van der Waals surface area contributed by atoms with Gasteiger partial charge in [-0.25, -0.2) is 14.2 Å². The maximum absolute atomic E-state index is 13.1. The summed E-state index contributed by atoms with van der Waals surface area (Å²) in [6.45, 7) is 1.88. The first kappa shape index (κ1) is 19.4. The van der Waals surface area contributed by atoms with Crippen molar-refractivity contribution >= 4 is 23.6 Å². The summed E-state index contributed by atoms with van der Waals surface area (Å²) in [5, 5.41) is -0.0890. The van der Waals surface area contributed by atoms with E-state index in [-0.39, 0.29) is 17.3 Å². The third-order valence-electron chi connectivity index (χ3n) is 3.94. The number of esters is 1. The van der Waals surface area contributed by atoms with Crippen LogP contribution in [0.5, 0.6) is 0 Å². The molecule has 0 spiro atoms. The monoisotopic (exact) mass is 396 g/mol. The molecule has 7 heteroatoms. The molecule has 0 saturated carbocycles. The zero-order chi connectivity index (χ0) is 20.1. The standard InChI is InChI=1S/C21H17ClN2O4/c1-2-28-18(25)14-13-17-19(22)23(15-9-5-3-6-10-15)21(27)24(20(17)26)16-11-7-4-8-12-16/h3-14H,2H2,1H3/b14-13-. The topological polar surface area (TPSA) is 70.3 Å². The van der Waals surface area contributed by atoms with Crippen molar-refractivity contribution in [2.45, 2.75) is 6.92 Å². The lowest BCUT2D eigenvalue weighted by atomic mass is 10.2. The molecule has 28 heavy (non-hydrogen) atoms. The molecule has 3 aromatic rings. The Morgan fingerprint density at radius 2 is 1.50 bits per heavy atom. The number of nitrogens with zero attached hydrogens (tertiary/aromatic N) is 2. The number of carbonyl (C=O) groups is 1. The van der Waals surface area contributed by atoms with E-state index >= 15 is 0 Å². The summed E-state index contributed by atoms with van der Waals surface area (Å²) in [5.41, 5.74) is -0.353. The molecule has 2 aromatic carbocycles. The van der Waals surface area contributed by atoms with Gasteiger partial charge in [0.1, 0.15) is 5.15 Å². The minimum absolute atomic E-state index is 0.00188. The highest BCUT2D eigenvalue weighted by atomic mass is 35.5. The number of aromatic nitrogens is 2. The number of rotatable bonds is 5. The predicted molar refractivity (Wildman–Crippen MR) is 108 cm³/mol. The molecule has 0 aliphatic carbocycles. The summed E-state index contributed by atoms with van der Waals surface area (Å²) in [6, 6.07) is 17.2. The summed E-state index contributed by atoms with van der Waals surface area (Å²) in [7, 11) is 0. The minimum atomic E-state index is -0.631. The second kappa shape index (κ2) is 8.54. The number of hydrogen-bond donors (Lipinski definition) is 0. The van der Waals surface area contributed by atoms with E-state index in [0.29, 0.717) is 11.4 Å². The first-order valence-corrected chi connectivity index (χ1v) is 8.95. The quantitative estimate of drug-likeness (QED) is 0.377. The van der Waals surface area contributed by atoms with Gasteiger partial charge in [-0.1, -0.05) is 48.0 Å². The van der Waals surface area contributed by atoms with Crippen molar-refractivity contribution in [1.29, 1.82) is 0 Å².